The zero-order chi connectivity index (χ0) is 58.5. The third-order valence-corrected chi connectivity index (χ3v) is 16.3. The number of esters is 3. The topological polar surface area (TPSA) is 78.9 Å². The van der Waals surface area contributed by atoms with E-state index in [2.05, 4.69) is 69.4 Å². The molecule has 0 aromatic rings. The van der Waals surface area contributed by atoms with Crippen molar-refractivity contribution in [2.45, 2.75) is 399 Å². The van der Waals surface area contributed by atoms with Crippen molar-refractivity contribution in [2.24, 2.45) is 0 Å². The van der Waals surface area contributed by atoms with Crippen molar-refractivity contribution >= 4 is 17.9 Å². The zero-order valence-corrected chi connectivity index (χ0v) is 54.6. The van der Waals surface area contributed by atoms with E-state index in [1.807, 2.05) is 0 Å². The Morgan fingerprint density at radius 3 is 0.753 bits per heavy atom. The van der Waals surface area contributed by atoms with Gasteiger partial charge in [-0.15, -0.1) is 0 Å². The Balaban J connectivity index is 4.26. The third-order valence-electron chi connectivity index (χ3n) is 16.3. The highest BCUT2D eigenvalue weighted by Gasteiger charge is 2.19. The van der Waals surface area contributed by atoms with Gasteiger partial charge in [-0.05, 0) is 57.8 Å². The van der Waals surface area contributed by atoms with E-state index in [-0.39, 0.29) is 31.1 Å². The standard InChI is InChI=1S/C75H138O6/c1-4-7-10-13-16-19-22-25-28-31-33-35-36-37-38-39-40-41-43-44-47-50-53-56-59-62-65-68-74(77)80-71-72(70-79-73(76)67-64-61-58-55-52-49-46-30-27-24-21-18-15-12-9-6-3)81-75(78)69-66-63-60-57-54-51-48-45-42-34-32-29-26-23-20-17-14-11-8-5-2/h7,10,16,19,25,28,33,35,72H,4-6,8-9,11-15,17-18,20-24,26-27,29-32,34,36-71H2,1-3H3/b10-7-,19-16-,28-25-,35-33-. The van der Waals surface area contributed by atoms with Gasteiger partial charge in [-0.2, -0.15) is 0 Å². The quantitative estimate of drug-likeness (QED) is 0.0261. The van der Waals surface area contributed by atoms with E-state index >= 15 is 0 Å². The van der Waals surface area contributed by atoms with Gasteiger partial charge in [0.1, 0.15) is 13.2 Å². The fourth-order valence-electron chi connectivity index (χ4n) is 11.0. The average molecular weight is 1140 g/mol. The summed E-state index contributed by atoms with van der Waals surface area (Å²) in [6.45, 7) is 6.61. The summed E-state index contributed by atoms with van der Waals surface area (Å²) in [5.41, 5.74) is 0. The molecule has 0 aliphatic heterocycles. The molecule has 0 amide bonds. The van der Waals surface area contributed by atoms with Crippen LogP contribution in [0.3, 0.4) is 0 Å². The fourth-order valence-corrected chi connectivity index (χ4v) is 11.0. The van der Waals surface area contributed by atoms with Gasteiger partial charge in [0.15, 0.2) is 6.10 Å². The van der Waals surface area contributed by atoms with Gasteiger partial charge in [-0.3, -0.25) is 14.4 Å². The van der Waals surface area contributed by atoms with Crippen LogP contribution in [-0.2, 0) is 28.6 Å². The van der Waals surface area contributed by atoms with Crippen LogP contribution in [0.2, 0.25) is 0 Å². The molecule has 0 heterocycles. The highest BCUT2D eigenvalue weighted by Crippen LogP contribution is 2.19. The molecule has 0 aromatic heterocycles. The second-order valence-electron chi connectivity index (χ2n) is 24.5. The zero-order valence-electron chi connectivity index (χ0n) is 54.6. The molecule has 0 saturated carbocycles. The number of hydrogen-bond acceptors (Lipinski definition) is 6. The SMILES string of the molecule is CC/C=C\C/C=C\C/C=C\C/C=C\CCCCCCCCCCCCCCCCC(=O)OCC(COC(=O)CCCCCCCCCCCCCCCCCC)OC(=O)CCCCCCCCCCCCCCCCCCCCCC. The van der Waals surface area contributed by atoms with Crippen LogP contribution in [0.5, 0.6) is 0 Å². The first-order valence-electron chi connectivity index (χ1n) is 36.1. The molecular formula is C75H138O6. The first kappa shape index (κ1) is 78.4. The summed E-state index contributed by atoms with van der Waals surface area (Å²) in [7, 11) is 0. The van der Waals surface area contributed by atoms with Crippen LogP contribution in [-0.4, -0.2) is 37.2 Å². The van der Waals surface area contributed by atoms with Crippen LogP contribution in [0.25, 0.3) is 0 Å². The van der Waals surface area contributed by atoms with E-state index in [1.54, 1.807) is 0 Å². The molecular weight excluding hydrogens is 997 g/mol. The second kappa shape index (κ2) is 69.9. The molecule has 6 nitrogen and oxygen atoms in total. The second-order valence-corrected chi connectivity index (χ2v) is 24.5. The largest absolute Gasteiger partial charge is 0.462 e. The van der Waals surface area contributed by atoms with E-state index < -0.39 is 6.10 Å². The van der Waals surface area contributed by atoms with Crippen LogP contribution in [0, 0.1) is 0 Å². The van der Waals surface area contributed by atoms with E-state index in [9.17, 15) is 14.4 Å². The first-order valence-corrected chi connectivity index (χ1v) is 36.1. The molecule has 0 bridgehead atoms. The van der Waals surface area contributed by atoms with Gasteiger partial charge in [0.05, 0.1) is 0 Å². The van der Waals surface area contributed by atoms with Crippen LogP contribution in [0.1, 0.15) is 393 Å². The minimum atomic E-state index is -0.770. The maximum absolute atomic E-state index is 13.0. The summed E-state index contributed by atoms with van der Waals surface area (Å²) in [4.78, 5) is 38.5. The number of hydrogen-bond donors (Lipinski definition) is 0. The number of carbonyl (C=O) groups excluding carboxylic acids is 3. The minimum absolute atomic E-state index is 0.0657. The van der Waals surface area contributed by atoms with Gasteiger partial charge in [-0.25, -0.2) is 0 Å². The summed E-state index contributed by atoms with van der Waals surface area (Å²) in [5, 5.41) is 0. The molecule has 6 heteroatoms. The van der Waals surface area contributed by atoms with E-state index in [4.69, 9.17) is 14.2 Å². The molecule has 0 rings (SSSR count). The van der Waals surface area contributed by atoms with Gasteiger partial charge in [0.2, 0.25) is 0 Å². The summed E-state index contributed by atoms with van der Waals surface area (Å²) < 4.78 is 17.0. The van der Waals surface area contributed by atoms with Crippen molar-refractivity contribution in [1.82, 2.24) is 0 Å². The first-order chi connectivity index (χ1) is 40.0. The summed E-state index contributed by atoms with van der Waals surface area (Å²) in [6, 6.07) is 0. The van der Waals surface area contributed by atoms with Crippen LogP contribution in [0.4, 0.5) is 0 Å². The van der Waals surface area contributed by atoms with Gasteiger partial charge >= 0.3 is 17.9 Å². The van der Waals surface area contributed by atoms with Crippen molar-refractivity contribution in [3.63, 3.8) is 0 Å². The van der Waals surface area contributed by atoms with Crippen molar-refractivity contribution in [1.29, 1.82) is 0 Å². The molecule has 0 aliphatic carbocycles. The van der Waals surface area contributed by atoms with E-state index in [0.29, 0.717) is 19.3 Å². The lowest BCUT2D eigenvalue weighted by atomic mass is 10.0. The number of allylic oxidation sites excluding steroid dienone is 8. The molecule has 0 saturated heterocycles. The van der Waals surface area contributed by atoms with E-state index in [0.717, 1.165) is 83.5 Å². The van der Waals surface area contributed by atoms with Crippen molar-refractivity contribution < 1.29 is 28.6 Å². The molecule has 474 valence electrons. The Kier molecular flexibility index (Phi) is 67.6. The summed E-state index contributed by atoms with van der Waals surface area (Å²) in [5.74, 6) is -0.834. The normalized spacial score (nSPS) is 12.3. The van der Waals surface area contributed by atoms with Crippen LogP contribution in [0.15, 0.2) is 48.6 Å². The molecule has 0 radical (unpaired) electrons. The number of carbonyl (C=O) groups is 3. The van der Waals surface area contributed by atoms with Crippen molar-refractivity contribution in [3.05, 3.63) is 48.6 Å². The maximum Gasteiger partial charge on any atom is 0.306 e. The molecule has 0 fully saturated rings. The predicted molar refractivity (Wildman–Crippen MR) is 353 cm³/mol. The molecule has 1 unspecified atom stereocenters. The highest BCUT2D eigenvalue weighted by atomic mass is 16.6. The van der Waals surface area contributed by atoms with Crippen LogP contribution >= 0.6 is 0 Å². The molecule has 0 aliphatic rings. The Morgan fingerprint density at radius 1 is 0.259 bits per heavy atom. The van der Waals surface area contributed by atoms with E-state index in [1.165, 1.54) is 270 Å². The lowest BCUT2D eigenvalue weighted by Gasteiger charge is -2.18. The lowest BCUT2D eigenvalue weighted by Crippen LogP contribution is -2.30. The lowest BCUT2D eigenvalue weighted by molar-refractivity contribution is -0.167. The average Bonchev–Trinajstić information content (AvgIpc) is 3.47. The Morgan fingerprint density at radius 2 is 0.481 bits per heavy atom. The Bertz CT molecular complexity index is 1400. The summed E-state index contributed by atoms with van der Waals surface area (Å²) in [6.07, 6.45) is 88.5. The number of rotatable bonds is 67. The molecule has 0 N–H and O–H groups in total. The number of ether oxygens (including phenoxy) is 3. The Labute approximate surface area is 505 Å². The van der Waals surface area contributed by atoms with Gasteiger partial charge in [-0.1, -0.05) is 365 Å². The van der Waals surface area contributed by atoms with Gasteiger partial charge in [0, 0.05) is 19.3 Å². The number of unbranched alkanes of at least 4 members (excludes halogenated alkanes) is 48. The van der Waals surface area contributed by atoms with Crippen LogP contribution < -0.4 is 0 Å². The van der Waals surface area contributed by atoms with Gasteiger partial charge < -0.3 is 14.2 Å². The van der Waals surface area contributed by atoms with Crippen molar-refractivity contribution in [3.8, 4) is 0 Å². The molecule has 0 aromatic carbocycles. The molecule has 0 spiro atoms. The monoisotopic (exact) mass is 1140 g/mol. The van der Waals surface area contributed by atoms with Crippen molar-refractivity contribution in [2.75, 3.05) is 13.2 Å². The Hall–Kier alpha value is -2.63. The molecule has 1 atom stereocenters. The smallest absolute Gasteiger partial charge is 0.306 e. The summed E-state index contributed by atoms with van der Waals surface area (Å²) >= 11 is 0. The highest BCUT2D eigenvalue weighted by molar-refractivity contribution is 5.71. The molecule has 81 heavy (non-hydrogen) atoms. The fraction of sp³-hybridized carbons (Fsp3) is 0.853. The van der Waals surface area contributed by atoms with Gasteiger partial charge in [0.25, 0.3) is 0 Å². The third kappa shape index (κ3) is 68.0. The maximum atomic E-state index is 13.0. The minimum Gasteiger partial charge on any atom is -0.462 e. The predicted octanol–water partition coefficient (Wildman–Crippen LogP) is 24.9.